The number of aromatic nitrogens is 3. The molecule has 148 valence electrons. The largest absolute Gasteiger partial charge is 0.337 e. The number of carbonyl (C=O) groups excluding carboxylic acids is 1. The van der Waals surface area contributed by atoms with Crippen LogP contribution in [0.3, 0.4) is 0 Å². The van der Waals surface area contributed by atoms with Crippen LogP contribution in [0.15, 0.2) is 55.0 Å². The Kier molecular flexibility index (Phi) is 5.86. The first kappa shape index (κ1) is 19.5. The van der Waals surface area contributed by atoms with Crippen molar-refractivity contribution >= 4 is 17.5 Å². The number of hydrogen-bond donors (Lipinski definition) is 0. The minimum atomic E-state index is -0.0480. The van der Waals surface area contributed by atoms with Crippen molar-refractivity contribution in [3.63, 3.8) is 0 Å². The predicted octanol–water partition coefficient (Wildman–Crippen LogP) is 4.44. The van der Waals surface area contributed by atoms with Gasteiger partial charge in [-0.05, 0) is 55.5 Å². The fraction of sp³-hybridized carbons (Fsp3) is 0.304. The van der Waals surface area contributed by atoms with Gasteiger partial charge in [0, 0.05) is 47.8 Å². The van der Waals surface area contributed by atoms with Gasteiger partial charge in [-0.25, -0.2) is 4.98 Å². The first-order valence-corrected chi connectivity index (χ1v) is 10.2. The summed E-state index contributed by atoms with van der Waals surface area (Å²) in [5.41, 5.74) is 4.87. The second kappa shape index (κ2) is 8.70. The van der Waals surface area contributed by atoms with Gasteiger partial charge >= 0.3 is 0 Å². The van der Waals surface area contributed by atoms with Crippen LogP contribution in [0.2, 0.25) is 5.02 Å². The van der Waals surface area contributed by atoms with Gasteiger partial charge in [0.2, 0.25) is 0 Å². The molecule has 0 N–H and O–H groups in total. The molecule has 1 saturated heterocycles. The second-order valence-electron chi connectivity index (χ2n) is 7.47. The van der Waals surface area contributed by atoms with Gasteiger partial charge < -0.3 is 4.90 Å². The lowest BCUT2D eigenvalue weighted by Crippen LogP contribution is -2.38. The van der Waals surface area contributed by atoms with Crippen LogP contribution in [0.5, 0.6) is 0 Å². The lowest BCUT2D eigenvalue weighted by Gasteiger charge is -2.31. The molecule has 1 amide bonds. The number of likely N-dealkylation sites (tertiary alicyclic amines) is 1. The molecule has 2 aromatic heterocycles. The topological polar surface area (TPSA) is 59.0 Å². The fourth-order valence-electron chi connectivity index (χ4n) is 3.89. The van der Waals surface area contributed by atoms with Crippen molar-refractivity contribution in [3.8, 4) is 0 Å². The zero-order valence-corrected chi connectivity index (χ0v) is 17.1. The van der Waals surface area contributed by atoms with E-state index in [0.29, 0.717) is 24.7 Å². The third kappa shape index (κ3) is 4.62. The van der Waals surface area contributed by atoms with Crippen molar-refractivity contribution in [2.75, 3.05) is 13.1 Å². The van der Waals surface area contributed by atoms with E-state index in [4.69, 9.17) is 16.6 Å². The maximum atomic E-state index is 12.6. The van der Waals surface area contributed by atoms with Crippen molar-refractivity contribution in [1.29, 1.82) is 0 Å². The third-order valence-electron chi connectivity index (χ3n) is 5.37. The standard InChI is InChI=1S/C23H23ClN4O/c1-16-12-17(13-19-4-2-3-5-20(19)24)14-21(27-16)18-6-10-28(11-7-18)23(29)22-15-25-8-9-26-22/h2-5,8-9,12,14-15,18H,6-7,10-11,13H2,1H3. The number of benzene rings is 1. The Balaban J connectivity index is 1.45. The van der Waals surface area contributed by atoms with Crippen molar-refractivity contribution in [1.82, 2.24) is 19.9 Å². The lowest BCUT2D eigenvalue weighted by atomic mass is 9.91. The molecule has 0 aliphatic carbocycles. The normalized spacial score (nSPS) is 14.8. The number of aryl methyl sites for hydroxylation is 1. The Hall–Kier alpha value is -2.79. The monoisotopic (exact) mass is 406 g/mol. The summed E-state index contributed by atoms with van der Waals surface area (Å²) < 4.78 is 0. The summed E-state index contributed by atoms with van der Waals surface area (Å²) in [5, 5.41) is 0.791. The highest BCUT2D eigenvalue weighted by molar-refractivity contribution is 6.31. The Bertz CT molecular complexity index is 1000. The molecule has 1 aromatic carbocycles. The number of rotatable bonds is 4. The molecular weight excluding hydrogens is 384 g/mol. The van der Waals surface area contributed by atoms with Gasteiger partial charge in [-0.15, -0.1) is 0 Å². The lowest BCUT2D eigenvalue weighted by molar-refractivity contribution is 0.0705. The summed E-state index contributed by atoms with van der Waals surface area (Å²) in [6.45, 7) is 3.44. The second-order valence-corrected chi connectivity index (χ2v) is 7.87. The molecule has 1 aliphatic heterocycles. The summed E-state index contributed by atoms with van der Waals surface area (Å²) in [4.78, 5) is 27.4. The summed E-state index contributed by atoms with van der Waals surface area (Å²) >= 11 is 6.34. The van der Waals surface area contributed by atoms with E-state index in [2.05, 4.69) is 28.2 Å². The van der Waals surface area contributed by atoms with E-state index in [-0.39, 0.29) is 5.91 Å². The van der Waals surface area contributed by atoms with Crippen LogP contribution in [-0.2, 0) is 6.42 Å². The Labute approximate surface area is 175 Å². The van der Waals surface area contributed by atoms with Gasteiger partial charge in [0.05, 0.1) is 6.20 Å². The van der Waals surface area contributed by atoms with Gasteiger partial charge in [-0.2, -0.15) is 0 Å². The molecule has 5 nitrogen and oxygen atoms in total. The van der Waals surface area contributed by atoms with E-state index in [1.165, 1.54) is 11.8 Å². The first-order valence-electron chi connectivity index (χ1n) is 9.86. The Morgan fingerprint density at radius 1 is 1.17 bits per heavy atom. The maximum Gasteiger partial charge on any atom is 0.274 e. The average molecular weight is 407 g/mol. The molecule has 3 heterocycles. The van der Waals surface area contributed by atoms with Gasteiger partial charge in [0.1, 0.15) is 5.69 Å². The maximum absolute atomic E-state index is 12.6. The minimum absolute atomic E-state index is 0.0480. The number of amides is 1. The van der Waals surface area contributed by atoms with E-state index in [1.807, 2.05) is 30.0 Å². The van der Waals surface area contributed by atoms with Crippen LogP contribution in [0.25, 0.3) is 0 Å². The first-order chi connectivity index (χ1) is 14.1. The van der Waals surface area contributed by atoms with Crippen LogP contribution in [0, 0.1) is 6.92 Å². The van der Waals surface area contributed by atoms with Crippen LogP contribution < -0.4 is 0 Å². The van der Waals surface area contributed by atoms with E-state index < -0.39 is 0 Å². The van der Waals surface area contributed by atoms with Crippen LogP contribution in [-0.4, -0.2) is 38.8 Å². The van der Waals surface area contributed by atoms with E-state index in [1.54, 1.807) is 12.4 Å². The molecule has 0 radical (unpaired) electrons. The number of carbonyl (C=O) groups is 1. The minimum Gasteiger partial charge on any atom is -0.337 e. The summed E-state index contributed by atoms with van der Waals surface area (Å²) in [6, 6.07) is 12.3. The van der Waals surface area contributed by atoms with Gasteiger partial charge in [-0.1, -0.05) is 29.8 Å². The van der Waals surface area contributed by atoms with Gasteiger partial charge in [0.25, 0.3) is 5.91 Å². The van der Waals surface area contributed by atoms with Crippen molar-refractivity contribution in [2.24, 2.45) is 0 Å². The molecule has 29 heavy (non-hydrogen) atoms. The zero-order valence-electron chi connectivity index (χ0n) is 16.4. The van der Waals surface area contributed by atoms with Crippen LogP contribution in [0.1, 0.15) is 51.8 Å². The molecule has 1 fully saturated rings. The number of halogens is 1. The van der Waals surface area contributed by atoms with E-state index in [9.17, 15) is 4.79 Å². The smallest absolute Gasteiger partial charge is 0.274 e. The summed E-state index contributed by atoms with van der Waals surface area (Å²) in [7, 11) is 0. The molecular formula is C23H23ClN4O. The number of piperidine rings is 1. The summed E-state index contributed by atoms with van der Waals surface area (Å²) in [6.07, 6.45) is 7.24. The fourth-order valence-corrected chi connectivity index (χ4v) is 4.09. The molecule has 3 aromatic rings. The van der Waals surface area contributed by atoms with Gasteiger partial charge in [-0.3, -0.25) is 14.8 Å². The average Bonchev–Trinajstić information content (AvgIpc) is 2.75. The highest BCUT2D eigenvalue weighted by atomic mass is 35.5. The van der Waals surface area contributed by atoms with Crippen molar-refractivity contribution < 1.29 is 4.79 Å². The molecule has 4 rings (SSSR count). The summed E-state index contributed by atoms with van der Waals surface area (Å²) in [5.74, 6) is 0.305. The molecule has 0 unspecified atom stereocenters. The van der Waals surface area contributed by atoms with Crippen LogP contribution in [0.4, 0.5) is 0 Å². The van der Waals surface area contributed by atoms with Crippen molar-refractivity contribution in [2.45, 2.75) is 32.1 Å². The van der Waals surface area contributed by atoms with Gasteiger partial charge in [0.15, 0.2) is 0 Å². The van der Waals surface area contributed by atoms with Crippen LogP contribution >= 0.6 is 11.6 Å². The highest BCUT2D eigenvalue weighted by Gasteiger charge is 2.26. The molecule has 6 heteroatoms. The van der Waals surface area contributed by atoms with E-state index in [0.717, 1.165) is 41.2 Å². The predicted molar refractivity (Wildman–Crippen MR) is 113 cm³/mol. The Morgan fingerprint density at radius 3 is 2.69 bits per heavy atom. The number of hydrogen-bond acceptors (Lipinski definition) is 4. The molecule has 0 bridgehead atoms. The highest BCUT2D eigenvalue weighted by Crippen LogP contribution is 2.29. The molecule has 0 saturated carbocycles. The Morgan fingerprint density at radius 2 is 1.97 bits per heavy atom. The number of nitrogens with zero attached hydrogens (tertiary/aromatic N) is 4. The quantitative estimate of drug-likeness (QED) is 0.642. The van der Waals surface area contributed by atoms with Crippen molar-refractivity contribution in [3.05, 3.63) is 88.2 Å². The SMILES string of the molecule is Cc1cc(Cc2ccccc2Cl)cc(C2CCN(C(=O)c3cnccn3)CC2)n1. The molecule has 1 aliphatic rings. The molecule has 0 spiro atoms. The number of pyridine rings is 1. The van der Waals surface area contributed by atoms with E-state index >= 15 is 0 Å². The third-order valence-corrected chi connectivity index (χ3v) is 5.74. The molecule has 0 atom stereocenters. The zero-order chi connectivity index (χ0) is 20.2.